The van der Waals surface area contributed by atoms with Crippen molar-refractivity contribution in [2.75, 3.05) is 40.0 Å². The number of benzene rings is 1. The number of hydrogen-bond acceptors (Lipinski definition) is 5. The molecule has 7 heteroatoms. The number of carbonyl (C=O) groups excluding carboxylic acids is 2. The zero-order valence-corrected chi connectivity index (χ0v) is 19.5. The zero-order valence-electron chi connectivity index (χ0n) is 18.7. The van der Waals surface area contributed by atoms with Gasteiger partial charge in [-0.05, 0) is 48.4 Å². The second kappa shape index (κ2) is 11.0. The molecular formula is C25H32N2O4S. The van der Waals surface area contributed by atoms with Crippen LogP contribution in [0.3, 0.4) is 0 Å². The molecule has 0 spiro atoms. The molecule has 172 valence electrons. The van der Waals surface area contributed by atoms with Crippen molar-refractivity contribution in [3.05, 3.63) is 52.2 Å². The van der Waals surface area contributed by atoms with Gasteiger partial charge in [0.1, 0.15) is 12.4 Å². The summed E-state index contributed by atoms with van der Waals surface area (Å²) < 4.78 is 11.3. The molecule has 6 nitrogen and oxygen atoms in total. The van der Waals surface area contributed by atoms with Crippen molar-refractivity contribution in [3.8, 4) is 5.75 Å². The minimum Gasteiger partial charge on any atom is -0.491 e. The lowest BCUT2D eigenvalue weighted by Gasteiger charge is -2.37. The third-order valence-corrected chi connectivity index (χ3v) is 7.47. The first-order chi connectivity index (χ1) is 15.7. The van der Waals surface area contributed by atoms with Crippen molar-refractivity contribution < 1.29 is 19.1 Å². The van der Waals surface area contributed by atoms with Crippen LogP contribution < -0.4 is 4.74 Å². The molecule has 2 amide bonds. The Morgan fingerprint density at radius 2 is 1.94 bits per heavy atom. The molecule has 2 aliphatic rings. The highest BCUT2D eigenvalue weighted by atomic mass is 32.1. The average molecular weight is 457 g/mol. The number of methoxy groups -OCH3 is 1. The fourth-order valence-electron chi connectivity index (χ4n) is 4.72. The summed E-state index contributed by atoms with van der Waals surface area (Å²) in [6.07, 6.45) is 4.87. The van der Waals surface area contributed by atoms with E-state index in [2.05, 4.69) is 11.4 Å². The zero-order chi connectivity index (χ0) is 22.3. The number of fused-ring (bicyclic) bond motifs is 1. The normalized spacial score (nSPS) is 18.4. The van der Waals surface area contributed by atoms with Gasteiger partial charge in [-0.15, -0.1) is 11.3 Å². The number of para-hydroxylation sites is 1. The minimum absolute atomic E-state index is 0.0223. The first-order valence-electron chi connectivity index (χ1n) is 11.5. The van der Waals surface area contributed by atoms with Crippen LogP contribution in [-0.4, -0.2) is 61.6 Å². The number of thiophene rings is 1. The van der Waals surface area contributed by atoms with Crippen LogP contribution in [0.5, 0.6) is 5.75 Å². The molecule has 1 saturated carbocycles. The Morgan fingerprint density at radius 3 is 2.69 bits per heavy atom. The first-order valence-corrected chi connectivity index (χ1v) is 12.4. The van der Waals surface area contributed by atoms with Gasteiger partial charge in [0.05, 0.1) is 19.2 Å². The van der Waals surface area contributed by atoms with Gasteiger partial charge in [-0.2, -0.15) is 0 Å². The SMILES string of the molecule is COCCN(CC(=O)N1CCc2sccc2[C@@H]1COc1ccccc1)C(=O)C1CCCC1. The van der Waals surface area contributed by atoms with Gasteiger partial charge < -0.3 is 19.3 Å². The summed E-state index contributed by atoms with van der Waals surface area (Å²) in [5.41, 5.74) is 1.16. The molecule has 1 aliphatic heterocycles. The van der Waals surface area contributed by atoms with Crippen LogP contribution in [0.2, 0.25) is 0 Å². The molecule has 0 N–H and O–H groups in total. The summed E-state index contributed by atoms with van der Waals surface area (Å²) >= 11 is 1.74. The molecule has 32 heavy (non-hydrogen) atoms. The summed E-state index contributed by atoms with van der Waals surface area (Å²) in [6, 6.07) is 11.6. The maximum atomic E-state index is 13.5. The number of ether oxygens (including phenoxy) is 2. The van der Waals surface area contributed by atoms with Gasteiger partial charge in [-0.25, -0.2) is 0 Å². The molecule has 0 saturated heterocycles. The van der Waals surface area contributed by atoms with E-state index in [1.54, 1.807) is 23.3 Å². The molecule has 1 aliphatic carbocycles. The van der Waals surface area contributed by atoms with E-state index in [1.165, 1.54) is 4.88 Å². The largest absolute Gasteiger partial charge is 0.491 e. The van der Waals surface area contributed by atoms with Crippen LogP contribution in [0.25, 0.3) is 0 Å². The van der Waals surface area contributed by atoms with E-state index in [-0.39, 0.29) is 30.3 Å². The number of carbonyl (C=O) groups is 2. The maximum Gasteiger partial charge on any atom is 0.242 e. The molecule has 4 rings (SSSR count). The van der Waals surface area contributed by atoms with Gasteiger partial charge in [0.25, 0.3) is 0 Å². The van der Waals surface area contributed by atoms with E-state index < -0.39 is 0 Å². The molecule has 1 aromatic carbocycles. The lowest BCUT2D eigenvalue weighted by molar-refractivity contribution is -0.145. The fourth-order valence-corrected chi connectivity index (χ4v) is 5.65. The van der Waals surface area contributed by atoms with Gasteiger partial charge in [-0.3, -0.25) is 9.59 Å². The highest BCUT2D eigenvalue weighted by molar-refractivity contribution is 7.10. The van der Waals surface area contributed by atoms with Crippen molar-refractivity contribution in [3.63, 3.8) is 0 Å². The third-order valence-electron chi connectivity index (χ3n) is 6.47. The van der Waals surface area contributed by atoms with Gasteiger partial charge in [0.15, 0.2) is 0 Å². The standard InChI is InChI=1S/C25H32N2O4S/c1-30-15-14-26(25(29)19-7-5-6-8-19)17-24(28)27-13-11-23-21(12-16-32-23)22(27)18-31-20-9-3-2-4-10-20/h2-4,9-10,12,16,19,22H,5-8,11,13-15,17-18H2,1H3/t22-/m0/s1. The molecule has 0 unspecified atom stereocenters. The summed E-state index contributed by atoms with van der Waals surface area (Å²) in [5, 5.41) is 2.09. The van der Waals surface area contributed by atoms with Crippen LogP contribution in [0.1, 0.15) is 42.2 Å². The van der Waals surface area contributed by atoms with Crippen LogP contribution in [0.15, 0.2) is 41.8 Å². The topological polar surface area (TPSA) is 59.1 Å². The molecular weight excluding hydrogens is 424 g/mol. The predicted molar refractivity (Wildman–Crippen MR) is 125 cm³/mol. The van der Waals surface area contributed by atoms with E-state index in [1.807, 2.05) is 35.2 Å². The Labute approximate surface area is 194 Å². The van der Waals surface area contributed by atoms with Crippen molar-refractivity contribution in [2.45, 2.75) is 38.1 Å². The van der Waals surface area contributed by atoms with E-state index >= 15 is 0 Å². The highest BCUT2D eigenvalue weighted by Gasteiger charge is 2.35. The van der Waals surface area contributed by atoms with E-state index in [0.29, 0.717) is 26.3 Å². The number of hydrogen-bond donors (Lipinski definition) is 0. The number of nitrogens with zero attached hydrogens (tertiary/aromatic N) is 2. The van der Waals surface area contributed by atoms with Crippen molar-refractivity contribution >= 4 is 23.2 Å². The van der Waals surface area contributed by atoms with Crippen LogP contribution >= 0.6 is 11.3 Å². The monoisotopic (exact) mass is 456 g/mol. The Balaban J connectivity index is 1.48. The average Bonchev–Trinajstić information content (AvgIpc) is 3.52. The minimum atomic E-state index is -0.149. The van der Waals surface area contributed by atoms with Crippen molar-refractivity contribution in [2.24, 2.45) is 5.92 Å². The van der Waals surface area contributed by atoms with Gasteiger partial charge >= 0.3 is 0 Å². The molecule has 1 fully saturated rings. The lowest BCUT2D eigenvalue weighted by Crippen LogP contribution is -2.49. The van der Waals surface area contributed by atoms with Crippen LogP contribution in [0.4, 0.5) is 0 Å². The number of amides is 2. The molecule has 2 heterocycles. The third kappa shape index (κ3) is 5.33. The van der Waals surface area contributed by atoms with E-state index in [4.69, 9.17) is 9.47 Å². The van der Waals surface area contributed by atoms with Gasteiger partial charge in [0.2, 0.25) is 11.8 Å². The second-order valence-electron chi connectivity index (χ2n) is 8.51. The maximum absolute atomic E-state index is 13.5. The molecule has 2 aromatic rings. The Hall–Kier alpha value is -2.38. The second-order valence-corrected chi connectivity index (χ2v) is 9.51. The summed E-state index contributed by atoms with van der Waals surface area (Å²) in [5.74, 6) is 0.909. The Bertz CT molecular complexity index is 894. The molecule has 0 bridgehead atoms. The van der Waals surface area contributed by atoms with Gasteiger partial charge in [0, 0.05) is 31.0 Å². The quantitative estimate of drug-likeness (QED) is 0.574. The molecule has 0 radical (unpaired) electrons. The lowest BCUT2D eigenvalue weighted by atomic mass is 10.00. The molecule has 1 atom stereocenters. The fraction of sp³-hybridized carbons (Fsp3) is 0.520. The van der Waals surface area contributed by atoms with Crippen LogP contribution in [0, 0.1) is 5.92 Å². The summed E-state index contributed by atoms with van der Waals surface area (Å²) in [4.78, 5) is 31.5. The highest BCUT2D eigenvalue weighted by Crippen LogP contribution is 2.34. The van der Waals surface area contributed by atoms with Crippen molar-refractivity contribution in [1.82, 2.24) is 9.80 Å². The summed E-state index contributed by atoms with van der Waals surface area (Å²) in [6.45, 7) is 2.01. The molecule has 1 aromatic heterocycles. The van der Waals surface area contributed by atoms with Gasteiger partial charge in [-0.1, -0.05) is 31.0 Å². The van der Waals surface area contributed by atoms with E-state index in [9.17, 15) is 9.59 Å². The van der Waals surface area contributed by atoms with Crippen molar-refractivity contribution in [1.29, 1.82) is 0 Å². The number of rotatable bonds is 9. The predicted octanol–water partition coefficient (Wildman–Crippen LogP) is 3.92. The Morgan fingerprint density at radius 1 is 1.16 bits per heavy atom. The van der Waals surface area contributed by atoms with Crippen LogP contribution in [-0.2, 0) is 20.7 Å². The van der Waals surface area contributed by atoms with E-state index in [0.717, 1.165) is 43.4 Å². The summed E-state index contributed by atoms with van der Waals surface area (Å²) in [7, 11) is 1.62. The first kappa shape index (κ1) is 22.8. The Kier molecular flexibility index (Phi) is 7.81. The smallest absolute Gasteiger partial charge is 0.242 e.